The average Bonchev–Trinajstić information content (AvgIpc) is 2.69. The van der Waals surface area contributed by atoms with Crippen LogP contribution in [0.25, 0.3) is 0 Å². The minimum Gasteiger partial charge on any atom is -0.494 e. The van der Waals surface area contributed by atoms with Crippen LogP contribution in [0.15, 0.2) is 36.4 Å². The third kappa shape index (κ3) is 14.5. The Balaban J connectivity index is 1.84. The van der Waals surface area contributed by atoms with Crippen molar-refractivity contribution in [3.8, 4) is 5.75 Å². The van der Waals surface area contributed by atoms with Crippen molar-refractivity contribution in [3.05, 3.63) is 42.0 Å². The Labute approximate surface area is 169 Å². The fourth-order valence-electron chi connectivity index (χ4n) is 3.50. The molecule has 0 aromatic heterocycles. The second-order valence-corrected chi connectivity index (χ2v) is 7.76. The molecule has 0 saturated carbocycles. The summed E-state index contributed by atoms with van der Waals surface area (Å²) in [5.74, 6) is 0.988. The molecule has 0 heterocycles. The Morgan fingerprint density at radius 2 is 1.15 bits per heavy atom. The molecule has 1 nitrogen and oxygen atoms in total. The van der Waals surface area contributed by atoms with E-state index in [0.717, 1.165) is 12.4 Å². The third-order valence-corrected chi connectivity index (χ3v) is 5.21. The number of aryl methyl sites for hydroxylation is 1. The third-order valence-electron chi connectivity index (χ3n) is 5.21. The number of unbranched alkanes of at least 4 members (excludes halogenated alkanes) is 12. The molecule has 1 aromatic carbocycles. The van der Waals surface area contributed by atoms with Crippen LogP contribution in [0.3, 0.4) is 0 Å². The van der Waals surface area contributed by atoms with Gasteiger partial charge in [0.05, 0.1) is 6.61 Å². The molecule has 0 N–H and O–H groups in total. The van der Waals surface area contributed by atoms with E-state index < -0.39 is 0 Å². The van der Waals surface area contributed by atoms with Crippen LogP contribution in [-0.2, 0) is 6.42 Å². The van der Waals surface area contributed by atoms with Crippen LogP contribution in [0.1, 0.15) is 109 Å². The molecule has 0 aliphatic rings. The molecule has 0 atom stereocenters. The SMILES string of the molecule is CCCCCCCC/C=C\CCCCCCCCc1ccc(OCC)cc1. The maximum Gasteiger partial charge on any atom is 0.119 e. The minimum atomic E-state index is 0.744. The molecule has 0 saturated heterocycles. The van der Waals surface area contributed by atoms with Crippen LogP contribution in [0, 0.1) is 0 Å². The van der Waals surface area contributed by atoms with Gasteiger partial charge in [-0.05, 0) is 63.1 Å². The lowest BCUT2D eigenvalue weighted by Gasteiger charge is -2.05. The van der Waals surface area contributed by atoms with Gasteiger partial charge in [-0.15, -0.1) is 0 Å². The first kappa shape index (κ1) is 23.8. The molecule has 0 aliphatic heterocycles. The van der Waals surface area contributed by atoms with Crippen LogP contribution in [0.5, 0.6) is 5.75 Å². The predicted octanol–water partition coefficient (Wildman–Crippen LogP) is 8.67. The van der Waals surface area contributed by atoms with Gasteiger partial charge in [-0.1, -0.05) is 89.0 Å². The number of hydrogen-bond donors (Lipinski definition) is 0. The molecule has 1 rings (SSSR count). The second kappa shape index (κ2) is 18.1. The number of rotatable bonds is 18. The van der Waals surface area contributed by atoms with Crippen molar-refractivity contribution in [2.24, 2.45) is 0 Å². The van der Waals surface area contributed by atoms with E-state index in [-0.39, 0.29) is 0 Å². The van der Waals surface area contributed by atoms with Crippen molar-refractivity contribution in [1.82, 2.24) is 0 Å². The first-order chi connectivity index (χ1) is 13.4. The Morgan fingerprint density at radius 3 is 1.70 bits per heavy atom. The quantitative estimate of drug-likeness (QED) is 0.185. The number of ether oxygens (including phenoxy) is 1. The van der Waals surface area contributed by atoms with E-state index in [4.69, 9.17) is 4.74 Å². The van der Waals surface area contributed by atoms with Gasteiger partial charge >= 0.3 is 0 Å². The molecular formula is C26H44O. The smallest absolute Gasteiger partial charge is 0.119 e. The van der Waals surface area contributed by atoms with E-state index in [1.54, 1.807) is 0 Å². The summed E-state index contributed by atoms with van der Waals surface area (Å²) in [6.07, 6.45) is 25.2. The molecule has 0 fully saturated rings. The molecule has 1 aromatic rings. The summed E-state index contributed by atoms with van der Waals surface area (Å²) in [5.41, 5.74) is 1.44. The fraction of sp³-hybridized carbons (Fsp3) is 0.692. The van der Waals surface area contributed by atoms with Crippen LogP contribution in [0.4, 0.5) is 0 Å². The second-order valence-electron chi connectivity index (χ2n) is 7.76. The Morgan fingerprint density at radius 1 is 0.630 bits per heavy atom. The zero-order valence-electron chi connectivity index (χ0n) is 18.2. The Kier molecular flexibility index (Phi) is 16.0. The highest BCUT2D eigenvalue weighted by Crippen LogP contribution is 2.15. The number of hydrogen-bond acceptors (Lipinski definition) is 1. The van der Waals surface area contributed by atoms with E-state index in [9.17, 15) is 0 Å². The predicted molar refractivity (Wildman–Crippen MR) is 121 cm³/mol. The fourth-order valence-corrected chi connectivity index (χ4v) is 3.50. The molecule has 154 valence electrons. The van der Waals surface area contributed by atoms with E-state index in [1.165, 1.54) is 102 Å². The van der Waals surface area contributed by atoms with Gasteiger partial charge in [0.15, 0.2) is 0 Å². The van der Waals surface area contributed by atoms with Gasteiger partial charge in [-0.3, -0.25) is 0 Å². The standard InChI is InChI=1S/C26H44O/c1-3-5-6-7-8-9-10-11-12-13-14-15-16-17-18-19-20-25-21-23-26(24-22-25)27-4-2/h11-12,21-24H,3-10,13-20H2,1-2H3/b12-11-. The molecule has 0 bridgehead atoms. The first-order valence-corrected chi connectivity index (χ1v) is 11.7. The number of benzene rings is 1. The van der Waals surface area contributed by atoms with Crippen LogP contribution >= 0.6 is 0 Å². The lowest BCUT2D eigenvalue weighted by atomic mass is 10.0. The topological polar surface area (TPSA) is 9.23 Å². The highest BCUT2D eigenvalue weighted by Gasteiger charge is 1.96. The summed E-state index contributed by atoms with van der Waals surface area (Å²) in [6, 6.07) is 8.61. The van der Waals surface area contributed by atoms with Crippen molar-refractivity contribution in [2.45, 2.75) is 110 Å². The van der Waals surface area contributed by atoms with E-state index in [2.05, 4.69) is 43.3 Å². The highest BCUT2D eigenvalue weighted by molar-refractivity contribution is 5.27. The highest BCUT2D eigenvalue weighted by atomic mass is 16.5. The van der Waals surface area contributed by atoms with E-state index in [0.29, 0.717) is 0 Å². The molecular weight excluding hydrogens is 328 g/mol. The minimum absolute atomic E-state index is 0.744. The molecule has 1 heteroatoms. The van der Waals surface area contributed by atoms with Gasteiger partial charge in [0, 0.05) is 0 Å². The molecule has 0 aliphatic carbocycles. The molecule has 0 radical (unpaired) electrons. The lowest BCUT2D eigenvalue weighted by Crippen LogP contribution is -1.92. The summed E-state index contributed by atoms with van der Waals surface area (Å²) >= 11 is 0. The maximum atomic E-state index is 5.49. The van der Waals surface area contributed by atoms with Gasteiger partial charge < -0.3 is 4.74 Å². The summed E-state index contributed by atoms with van der Waals surface area (Å²) in [7, 11) is 0. The van der Waals surface area contributed by atoms with Crippen molar-refractivity contribution in [3.63, 3.8) is 0 Å². The van der Waals surface area contributed by atoms with Crippen molar-refractivity contribution in [1.29, 1.82) is 0 Å². The van der Waals surface area contributed by atoms with Crippen molar-refractivity contribution in [2.75, 3.05) is 6.61 Å². The number of allylic oxidation sites excluding steroid dienone is 2. The monoisotopic (exact) mass is 372 g/mol. The van der Waals surface area contributed by atoms with Crippen molar-refractivity contribution < 1.29 is 4.74 Å². The van der Waals surface area contributed by atoms with Gasteiger partial charge in [-0.2, -0.15) is 0 Å². The van der Waals surface area contributed by atoms with Crippen LogP contribution in [0.2, 0.25) is 0 Å². The van der Waals surface area contributed by atoms with Crippen LogP contribution < -0.4 is 4.74 Å². The zero-order valence-corrected chi connectivity index (χ0v) is 18.2. The van der Waals surface area contributed by atoms with Gasteiger partial charge in [0.2, 0.25) is 0 Å². The first-order valence-electron chi connectivity index (χ1n) is 11.7. The zero-order chi connectivity index (χ0) is 19.4. The largest absolute Gasteiger partial charge is 0.494 e. The molecule has 0 amide bonds. The summed E-state index contributed by atoms with van der Waals surface area (Å²) in [6.45, 7) is 5.06. The molecule has 0 spiro atoms. The van der Waals surface area contributed by atoms with Gasteiger partial charge in [-0.25, -0.2) is 0 Å². The lowest BCUT2D eigenvalue weighted by molar-refractivity contribution is 0.340. The van der Waals surface area contributed by atoms with Gasteiger partial charge in [0.25, 0.3) is 0 Å². The Bertz CT molecular complexity index is 446. The average molecular weight is 373 g/mol. The van der Waals surface area contributed by atoms with Crippen LogP contribution in [-0.4, -0.2) is 6.61 Å². The van der Waals surface area contributed by atoms with Crippen molar-refractivity contribution >= 4 is 0 Å². The molecule has 0 unspecified atom stereocenters. The normalized spacial score (nSPS) is 11.3. The summed E-state index contributed by atoms with van der Waals surface area (Å²) < 4.78 is 5.49. The summed E-state index contributed by atoms with van der Waals surface area (Å²) in [4.78, 5) is 0. The van der Waals surface area contributed by atoms with E-state index in [1.807, 2.05) is 6.92 Å². The maximum absolute atomic E-state index is 5.49. The Hall–Kier alpha value is -1.24. The van der Waals surface area contributed by atoms with E-state index >= 15 is 0 Å². The summed E-state index contributed by atoms with van der Waals surface area (Å²) in [5, 5.41) is 0. The van der Waals surface area contributed by atoms with Gasteiger partial charge in [0.1, 0.15) is 5.75 Å². The molecule has 27 heavy (non-hydrogen) atoms.